The van der Waals surface area contributed by atoms with Gasteiger partial charge in [0.1, 0.15) is 0 Å². The van der Waals surface area contributed by atoms with E-state index in [1.807, 2.05) is 96.4 Å². The maximum Gasteiger partial charge on any atom is 0.187 e. The van der Waals surface area contributed by atoms with Gasteiger partial charge in [0.15, 0.2) is 5.69 Å². The Kier molecular flexibility index (Phi) is 11.9. The van der Waals surface area contributed by atoms with Gasteiger partial charge >= 0.3 is 0 Å². The van der Waals surface area contributed by atoms with Crippen LogP contribution < -0.4 is 16.0 Å². The van der Waals surface area contributed by atoms with Crippen molar-refractivity contribution in [2.75, 3.05) is 16.0 Å². The third-order valence-corrected chi connectivity index (χ3v) is 12.7. The molecule has 0 aliphatic carbocycles. The van der Waals surface area contributed by atoms with E-state index in [2.05, 4.69) is 171 Å². The highest BCUT2D eigenvalue weighted by atomic mass is 32.1. The van der Waals surface area contributed by atoms with Crippen molar-refractivity contribution in [2.24, 2.45) is 0 Å². The molecule has 0 unspecified atom stereocenters. The first-order valence-electron chi connectivity index (χ1n) is 25.2. The number of hydrogen-bond donors (Lipinski definition) is 3. The van der Waals surface area contributed by atoms with Gasteiger partial charge in [-0.1, -0.05) is 170 Å². The smallest absolute Gasteiger partial charge is 0.187 e. The largest absolute Gasteiger partial charge is 0.356 e. The number of anilines is 6. The Balaban J connectivity index is 0.000000129. The number of pyridine rings is 1. The highest BCUT2D eigenvalue weighted by Gasteiger charge is 2.07. The number of nitrogens with zero attached hydrogens (tertiary/aromatic N) is 2. The van der Waals surface area contributed by atoms with Gasteiger partial charge < -0.3 is 16.0 Å². The fraction of sp³-hybridized carbons (Fsp3) is 0. The first-order valence-corrected chi connectivity index (χ1v) is 23.5. The zero-order valence-corrected chi connectivity index (χ0v) is 38.6. The maximum atomic E-state index is 7.96. The third kappa shape index (κ3) is 10.9. The lowest BCUT2D eigenvalue weighted by Gasteiger charge is -2.09. The molecule has 0 radical (unpaired) electrons. The molecule has 12 aromatic rings. The highest BCUT2D eigenvalue weighted by Crippen LogP contribution is 2.36. The molecule has 0 fully saturated rings. The standard InChI is InChI=1S/C25H16N2S.C23H18N2.C16H13N/c1-26-19-11-9-17(10-12-19)18-5-4-6-20(15-18)27-21-13-14-25-23(16-21)22-7-2-3-8-24(22)28-25;1-2-5-18(6-3-1)19-8-12-22(13-9-19)25-23-14-10-20(11-15-23)21-7-4-16-24-17-21;1-2-9-14(10-3-1)17-16-12-6-8-13-7-4-5-11-15(13)16/h2-16,27H;1-17,25H;1-12,17H/i;;1D,2D,3D,9D,10D. The van der Waals surface area contributed by atoms with Crippen molar-refractivity contribution < 1.29 is 6.85 Å². The molecule has 0 aliphatic rings. The number of fused-ring (bicyclic) bond motifs is 4. The average Bonchev–Trinajstić information content (AvgIpc) is 3.84. The number of nitrogens with one attached hydrogen (secondary N) is 3. The van der Waals surface area contributed by atoms with Gasteiger partial charge in [-0.15, -0.1) is 11.3 Å². The van der Waals surface area contributed by atoms with Crippen molar-refractivity contribution in [3.05, 3.63) is 278 Å². The van der Waals surface area contributed by atoms with Crippen LogP contribution in [0, 0.1) is 6.57 Å². The minimum Gasteiger partial charge on any atom is -0.356 e. The number of benzene rings is 10. The molecule has 0 atom stereocenters. The van der Waals surface area contributed by atoms with Gasteiger partial charge in [0.2, 0.25) is 0 Å². The first kappa shape index (κ1) is 38.8. The summed E-state index contributed by atoms with van der Waals surface area (Å²) in [4.78, 5) is 7.63. The van der Waals surface area contributed by atoms with Crippen LogP contribution in [0.1, 0.15) is 6.85 Å². The van der Waals surface area contributed by atoms with E-state index in [1.165, 1.54) is 31.3 Å². The lowest BCUT2D eigenvalue weighted by molar-refractivity contribution is 1.33. The van der Waals surface area contributed by atoms with Crippen molar-refractivity contribution in [3.63, 3.8) is 0 Å². The maximum absolute atomic E-state index is 7.96. The van der Waals surface area contributed by atoms with Gasteiger partial charge in [-0.05, 0) is 124 Å². The Hall–Kier alpha value is -9.28. The molecular weight excluding hydrogens is 871 g/mol. The Morgan fingerprint density at radius 3 is 1.70 bits per heavy atom. The number of aromatic nitrogens is 1. The topological polar surface area (TPSA) is 53.3 Å². The Morgan fingerprint density at radius 1 is 0.400 bits per heavy atom. The number of thiophene rings is 1. The van der Waals surface area contributed by atoms with E-state index in [0.717, 1.165) is 55.8 Å². The summed E-state index contributed by atoms with van der Waals surface area (Å²) in [6.45, 7) is 7.09. The summed E-state index contributed by atoms with van der Waals surface area (Å²) in [6.07, 6.45) is 3.67. The quantitative estimate of drug-likeness (QED) is 0.126. The third-order valence-electron chi connectivity index (χ3n) is 11.6. The summed E-state index contributed by atoms with van der Waals surface area (Å²) >= 11 is 1.83. The van der Waals surface area contributed by atoms with Crippen LogP contribution in [-0.2, 0) is 0 Å². The Bertz CT molecular complexity index is 3860. The molecule has 0 amide bonds. The van der Waals surface area contributed by atoms with Crippen LogP contribution in [0.3, 0.4) is 0 Å². The zero-order valence-electron chi connectivity index (χ0n) is 42.8. The van der Waals surface area contributed by atoms with Crippen LogP contribution in [0.4, 0.5) is 39.8 Å². The summed E-state index contributed by atoms with van der Waals surface area (Å²) in [7, 11) is 0. The highest BCUT2D eigenvalue weighted by molar-refractivity contribution is 7.25. The monoisotopic (exact) mass is 922 g/mol. The predicted molar refractivity (Wildman–Crippen MR) is 299 cm³/mol. The van der Waals surface area contributed by atoms with Crippen LogP contribution in [-0.4, -0.2) is 4.98 Å². The summed E-state index contributed by atoms with van der Waals surface area (Å²) in [6, 6.07) is 74.3. The average molecular weight is 923 g/mol. The van der Waals surface area contributed by atoms with Crippen molar-refractivity contribution in [2.45, 2.75) is 0 Å². The molecule has 0 saturated carbocycles. The van der Waals surface area contributed by atoms with E-state index in [1.54, 1.807) is 6.20 Å². The molecule has 2 aromatic heterocycles. The van der Waals surface area contributed by atoms with Crippen molar-refractivity contribution in [1.82, 2.24) is 4.98 Å². The van der Waals surface area contributed by atoms with Crippen LogP contribution >= 0.6 is 11.3 Å². The molecule has 6 heteroatoms. The van der Waals surface area contributed by atoms with Crippen LogP contribution in [0.25, 0.3) is 69.2 Å². The lowest BCUT2D eigenvalue weighted by Crippen LogP contribution is -1.90. The normalized spacial score (nSPS) is 11.6. The van der Waals surface area contributed by atoms with E-state index >= 15 is 0 Å². The molecule has 0 aliphatic heterocycles. The molecule has 0 saturated heterocycles. The zero-order chi connectivity index (χ0) is 51.7. The Morgan fingerprint density at radius 2 is 0.957 bits per heavy atom. The van der Waals surface area contributed by atoms with Gasteiger partial charge in [-0.3, -0.25) is 4.98 Å². The summed E-state index contributed by atoms with van der Waals surface area (Å²) in [5, 5.41) is 14.5. The molecule has 0 spiro atoms. The molecule has 12 rings (SSSR count). The van der Waals surface area contributed by atoms with Crippen LogP contribution in [0.2, 0.25) is 0 Å². The van der Waals surface area contributed by atoms with E-state index in [4.69, 9.17) is 13.4 Å². The van der Waals surface area contributed by atoms with Gasteiger partial charge in [0.25, 0.3) is 0 Å². The molecule has 3 N–H and O–H groups in total. The fourth-order valence-corrected chi connectivity index (χ4v) is 9.17. The second-order valence-electron chi connectivity index (χ2n) is 16.2. The molecule has 334 valence electrons. The predicted octanol–water partition coefficient (Wildman–Crippen LogP) is 18.8. The SMILES string of the molecule is [2H]c1c([2H])c([2H])c(Nc2cccc3ccccc23)c([2H])c1[2H].[C-]#[N+]c1ccc(-c2cccc(Nc3ccc4sc5ccccc5c4c3)c2)cc1.c1ccc(-c2ccc(Nc3ccc(-c4cccnc4)cc3)cc2)cc1. The summed E-state index contributed by atoms with van der Waals surface area (Å²) in [5.41, 5.74) is 12.7. The second-order valence-corrected chi connectivity index (χ2v) is 17.3. The second kappa shape index (κ2) is 21.6. The van der Waals surface area contributed by atoms with Crippen LogP contribution in [0.15, 0.2) is 267 Å². The minimum absolute atomic E-state index is 0.0855. The van der Waals surface area contributed by atoms with Crippen molar-refractivity contribution >= 4 is 82.1 Å². The van der Waals surface area contributed by atoms with E-state index in [-0.39, 0.29) is 29.9 Å². The first-order chi connectivity index (χ1) is 36.7. The number of para-hydroxylation sites is 1. The molecule has 5 nitrogen and oxygen atoms in total. The van der Waals surface area contributed by atoms with Crippen LogP contribution in [0.5, 0.6) is 0 Å². The van der Waals surface area contributed by atoms with Crippen molar-refractivity contribution in [1.29, 1.82) is 0 Å². The summed E-state index contributed by atoms with van der Waals surface area (Å²) < 4.78 is 41.6. The van der Waals surface area contributed by atoms with E-state index in [0.29, 0.717) is 11.4 Å². The molecular formula is C64H47N5S. The fourth-order valence-electron chi connectivity index (χ4n) is 8.08. The van der Waals surface area contributed by atoms with Gasteiger partial charge in [0, 0.05) is 72.1 Å². The molecule has 0 bridgehead atoms. The molecule has 2 heterocycles. The van der Waals surface area contributed by atoms with Gasteiger partial charge in [-0.2, -0.15) is 0 Å². The summed E-state index contributed by atoms with van der Waals surface area (Å²) in [5.74, 6) is 0. The van der Waals surface area contributed by atoms with Gasteiger partial charge in [0.05, 0.1) is 13.4 Å². The molecule has 10 aromatic carbocycles. The lowest BCUT2D eigenvalue weighted by atomic mass is 10.0. The minimum atomic E-state index is -0.390. The van der Waals surface area contributed by atoms with E-state index < -0.39 is 6.04 Å². The van der Waals surface area contributed by atoms with Crippen molar-refractivity contribution in [3.8, 4) is 33.4 Å². The van der Waals surface area contributed by atoms with Gasteiger partial charge in [-0.25, -0.2) is 4.85 Å². The number of rotatable bonds is 9. The molecule has 70 heavy (non-hydrogen) atoms. The number of hydrogen-bond acceptors (Lipinski definition) is 5. The Labute approximate surface area is 419 Å². The van der Waals surface area contributed by atoms with E-state index in [9.17, 15) is 0 Å².